The Bertz CT molecular complexity index is 3280. The van der Waals surface area contributed by atoms with Gasteiger partial charge >= 0.3 is 0 Å². The highest BCUT2D eigenvalue weighted by atomic mass is 15.0. The molecule has 0 fully saturated rings. The van der Waals surface area contributed by atoms with Crippen LogP contribution in [0.15, 0.2) is 194 Å². The lowest BCUT2D eigenvalue weighted by atomic mass is 9.85. The Morgan fingerprint density at radius 1 is 0.345 bits per heavy atom. The van der Waals surface area contributed by atoms with Crippen molar-refractivity contribution in [3.05, 3.63) is 200 Å². The van der Waals surface area contributed by atoms with E-state index < -0.39 is 0 Å². The van der Waals surface area contributed by atoms with E-state index in [1.54, 1.807) is 0 Å². The van der Waals surface area contributed by atoms with Crippen molar-refractivity contribution < 1.29 is 0 Å². The molecule has 254 valence electrons. The average Bonchev–Trinajstić information content (AvgIpc) is 3.59. The molecule has 0 amide bonds. The van der Waals surface area contributed by atoms with Crippen molar-refractivity contribution in [2.24, 2.45) is 0 Å². The molecule has 2 heteroatoms. The molecule has 0 radical (unpaired) electrons. The predicted molar refractivity (Wildman–Crippen MR) is 231 cm³/mol. The quantitative estimate of drug-likeness (QED) is 0.130. The van der Waals surface area contributed by atoms with Crippen molar-refractivity contribution in [1.29, 1.82) is 5.26 Å². The second-order valence-electron chi connectivity index (χ2n) is 14.4. The molecule has 0 spiro atoms. The second-order valence-corrected chi connectivity index (χ2v) is 14.4. The van der Waals surface area contributed by atoms with Crippen molar-refractivity contribution >= 4 is 54.1 Å². The van der Waals surface area contributed by atoms with Crippen LogP contribution in [0.3, 0.4) is 0 Å². The predicted octanol–water partition coefficient (Wildman–Crippen LogP) is 14.2. The highest BCUT2D eigenvalue weighted by molar-refractivity contribution is 6.25. The number of aromatic nitrogens is 1. The molecule has 11 rings (SSSR count). The highest BCUT2D eigenvalue weighted by Crippen LogP contribution is 2.45. The molecule has 11 aromatic rings. The summed E-state index contributed by atoms with van der Waals surface area (Å²) in [5.74, 6) is 0. The SMILES string of the molecule is N#Cc1cc2ccc3cc(-c4ccc(-c5ccc6c(-c7ccccc7)c7ccccc7c(-c7ccccc7)c6c5)cc4)cc4c3c2c(c1)n4-c1ccccc1. The number of nitrogens with zero attached hydrogens (tertiary/aromatic N) is 2. The van der Waals surface area contributed by atoms with Crippen LogP contribution in [0.5, 0.6) is 0 Å². The summed E-state index contributed by atoms with van der Waals surface area (Å²) in [6.45, 7) is 0. The van der Waals surface area contributed by atoms with Gasteiger partial charge in [-0.25, -0.2) is 0 Å². The number of para-hydroxylation sites is 1. The molecule has 0 N–H and O–H groups in total. The van der Waals surface area contributed by atoms with Gasteiger partial charge < -0.3 is 4.57 Å². The summed E-state index contributed by atoms with van der Waals surface area (Å²) in [5.41, 5.74) is 13.6. The average molecular weight is 697 g/mol. The maximum absolute atomic E-state index is 9.90. The zero-order valence-electron chi connectivity index (χ0n) is 29.9. The van der Waals surface area contributed by atoms with Gasteiger partial charge in [0.1, 0.15) is 0 Å². The van der Waals surface area contributed by atoms with Crippen LogP contribution in [0.2, 0.25) is 0 Å². The molecule has 0 aliphatic carbocycles. The van der Waals surface area contributed by atoms with Crippen LogP contribution in [-0.4, -0.2) is 4.57 Å². The Morgan fingerprint density at radius 2 is 0.836 bits per heavy atom. The van der Waals surface area contributed by atoms with Crippen molar-refractivity contribution in [1.82, 2.24) is 4.57 Å². The van der Waals surface area contributed by atoms with Gasteiger partial charge in [-0.1, -0.05) is 152 Å². The third-order valence-electron chi connectivity index (χ3n) is 11.3. The standard InChI is InChI=1S/C53H32N2/c54-33-34-28-40-24-25-41-30-42(32-49-53(41)52(40)48(29-34)55(49)43-16-8-3-9-17-43)36-22-20-35(21-23-36)39-26-27-46-47(31-39)51(38-14-6-2-7-15-38)45-19-11-10-18-44(45)50(46)37-12-4-1-5-13-37/h1-32H. The number of nitriles is 1. The number of fused-ring (bicyclic) bond motifs is 2. The molecule has 0 aliphatic heterocycles. The van der Waals surface area contributed by atoms with Crippen molar-refractivity contribution in [2.45, 2.75) is 0 Å². The molecule has 1 heterocycles. The zero-order chi connectivity index (χ0) is 36.5. The van der Waals surface area contributed by atoms with Crippen LogP contribution < -0.4 is 0 Å². The molecule has 0 unspecified atom stereocenters. The molecule has 0 saturated heterocycles. The Hall–Kier alpha value is -7.47. The Labute approximate surface area is 318 Å². The first kappa shape index (κ1) is 31.1. The van der Waals surface area contributed by atoms with E-state index in [-0.39, 0.29) is 0 Å². The van der Waals surface area contributed by atoms with E-state index in [2.05, 4.69) is 187 Å². The van der Waals surface area contributed by atoms with Gasteiger partial charge in [0.05, 0.1) is 22.7 Å². The summed E-state index contributed by atoms with van der Waals surface area (Å²) >= 11 is 0. The summed E-state index contributed by atoms with van der Waals surface area (Å²) in [5, 5.41) is 19.6. The first-order chi connectivity index (χ1) is 27.2. The van der Waals surface area contributed by atoms with E-state index in [0.717, 1.165) is 33.2 Å². The van der Waals surface area contributed by atoms with E-state index in [0.29, 0.717) is 5.56 Å². The lowest BCUT2D eigenvalue weighted by Crippen LogP contribution is -1.94. The number of rotatable bonds is 5. The first-order valence-electron chi connectivity index (χ1n) is 18.7. The van der Waals surface area contributed by atoms with Gasteiger partial charge in [-0.05, 0) is 119 Å². The summed E-state index contributed by atoms with van der Waals surface area (Å²) in [7, 11) is 0. The number of hydrogen-bond donors (Lipinski definition) is 0. The molecule has 2 nitrogen and oxygen atoms in total. The van der Waals surface area contributed by atoms with Crippen molar-refractivity contribution in [3.8, 4) is 56.3 Å². The molecule has 0 bridgehead atoms. The molecule has 0 saturated carbocycles. The summed E-state index contributed by atoms with van der Waals surface area (Å²) in [6.07, 6.45) is 0. The molecule has 0 aliphatic rings. The minimum atomic E-state index is 0.667. The maximum atomic E-state index is 9.90. The van der Waals surface area contributed by atoms with Gasteiger partial charge in [0, 0.05) is 16.5 Å². The van der Waals surface area contributed by atoms with Gasteiger partial charge in [-0.3, -0.25) is 0 Å². The zero-order valence-corrected chi connectivity index (χ0v) is 29.9. The topological polar surface area (TPSA) is 28.7 Å². The Kier molecular flexibility index (Phi) is 6.96. The lowest BCUT2D eigenvalue weighted by Gasteiger charge is -2.18. The van der Waals surface area contributed by atoms with Gasteiger partial charge in [0.25, 0.3) is 0 Å². The highest BCUT2D eigenvalue weighted by Gasteiger charge is 2.20. The first-order valence-corrected chi connectivity index (χ1v) is 18.7. The van der Waals surface area contributed by atoms with E-state index in [4.69, 9.17) is 0 Å². The molecular formula is C53H32N2. The van der Waals surface area contributed by atoms with Crippen LogP contribution in [0, 0.1) is 11.3 Å². The molecular weight excluding hydrogens is 665 g/mol. The van der Waals surface area contributed by atoms with Gasteiger partial charge in [0.2, 0.25) is 0 Å². The normalized spacial score (nSPS) is 11.6. The van der Waals surface area contributed by atoms with Crippen LogP contribution >= 0.6 is 0 Å². The fourth-order valence-electron chi connectivity index (χ4n) is 8.90. The maximum Gasteiger partial charge on any atom is 0.0992 e. The third kappa shape index (κ3) is 4.88. The number of hydrogen-bond acceptors (Lipinski definition) is 1. The van der Waals surface area contributed by atoms with Crippen LogP contribution in [-0.2, 0) is 0 Å². The monoisotopic (exact) mass is 696 g/mol. The van der Waals surface area contributed by atoms with Crippen LogP contribution in [0.25, 0.3) is 104 Å². The fraction of sp³-hybridized carbons (Fsp3) is 0. The fourth-order valence-corrected chi connectivity index (χ4v) is 8.90. The summed E-state index contributed by atoms with van der Waals surface area (Å²) in [6, 6.07) is 72.3. The number of benzene rings is 10. The lowest BCUT2D eigenvalue weighted by molar-refractivity contribution is 1.18. The van der Waals surface area contributed by atoms with Crippen LogP contribution in [0.4, 0.5) is 0 Å². The van der Waals surface area contributed by atoms with Crippen molar-refractivity contribution in [3.63, 3.8) is 0 Å². The van der Waals surface area contributed by atoms with E-state index in [9.17, 15) is 5.26 Å². The minimum Gasteiger partial charge on any atom is -0.309 e. The van der Waals surface area contributed by atoms with E-state index in [1.165, 1.54) is 71.1 Å². The molecule has 55 heavy (non-hydrogen) atoms. The second kappa shape index (κ2) is 12.3. The third-order valence-corrected chi connectivity index (χ3v) is 11.3. The molecule has 1 aromatic heterocycles. The van der Waals surface area contributed by atoms with E-state index >= 15 is 0 Å². The Morgan fingerprint density at radius 3 is 1.45 bits per heavy atom. The van der Waals surface area contributed by atoms with Gasteiger partial charge in [0.15, 0.2) is 0 Å². The summed E-state index contributed by atoms with van der Waals surface area (Å²) < 4.78 is 2.32. The van der Waals surface area contributed by atoms with E-state index in [1.807, 2.05) is 18.2 Å². The van der Waals surface area contributed by atoms with Gasteiger partial charge in [-0.2, -0.15) is 5.26 Å². The molecule has 0 atom stereocenters. The summed E-state index contributed by atoms with van der Waals surface area (Å²) in [4.78, 5) is 0. The Balaban J connectivity index is 1.08. The largest absolute Gasteiger partial charge is 0.309 e. The van der Waals surface area contributed by atoms with Gasteiger partial charge in [-0.15, -0.1) is 0 Å². The van der Waals surface area contributed by atoms with Crippen LogP contribution in [0.1, 0.15) is 5.56 Å². The molecule has 10 aromatic carbocycles. The van der Waals surface area contributed by atoms with Crippen molar-refractivity contribution in [2.75, 3.05) is 0 Å². The minimum absolute atomic E-state index is 0.667. The smallest absolute Gasteiger partial charge is 0.0992 e.